The molecule has 0 atom stereocenters. The van der Waals surface area contributed by atoms with Crippen molar-refractivity contribution >= 4 is 5.69 Å². The van der Waals surface area contributed by atoms with Crippen molar-refractivity contribution in [2.45, 2.75) is 12.8 Å². The van der Waals surface area contributed by atoms with Crippen LogP contribution in [0.5, 0.6) is 5.75 Å². The lowest BCUT2D eigenvalue weighted by atomic mass is 10.1. The number of anilines is 1. The summed E-state index contributed by atoms with van der Waals surface area (Å²) in [5.41, 5.74) is 7.80. The van der Waals surface area contributed by atoms with Gasteiger partial charge in [-0.15, -0.1) is 0 Å². The second kappa shape index (κ2) is 8.32. The highest BCUT2D eigenvalue weighted by atomic mass is 16.5. The molecule has 0 unspecified atom stereocenters. The number of rotatable bonds is 8. The van der Waals surface area contributed by atoms with Gasteiger partial charge in [-0.1, -0.05) is 30.3 Å². The van der Waals surface area contributed by atoms with Crippen molar-refractivity contribution < 1.29 is 4.74 Å². The molecular weight excluding hydrogens is 260 g/mol. The molecular formula is C18H24N2O. The van der Waals surface area contributed by atoms with E-state index in [0.717, 1.165) is 44.0 Å². The predicted molar refractivity (Wildman–Crippen MR) is 88.6 cm³/mol. The van der Waals surface area contributed by atoms with E-state index >= 15 is 0 Å². The summed E-state index contributed by atoms with van der Waals surface area (Å²) >= 11 is 0. The first-order valence-electron chi connectivity index (χ1n) is 7.45. The summed E-state index contributed by atoms with van der Waals surface area (Å²) in [6, 6.07) is 18.1. The molecule has 112 valence electrons. The molecule has 2 aromatic rings. The Balaban J connectivity index is 1.59. The highest BCUT2D eigenvalue weighted by molar-refractivity contribution is 5.41. The van der Waals surface area contributed by atoms with Crippen LogP contribution >= 0.6 is 0 Å². The largest absolute Gasteiger partial charge is 0.494 e. The fourth-order valence-corrected chi connectivity index (χ4v) is 2.16. The van der Waals surface area contributed by atoms with Crippen molar-refractivity contribution in [3.8, 4) is 5.75 Å². The Morgan fingerprint density at radius 1 is 0.952 bits per heavy atom. The molecule has 3 heteroatoms. The van der Waals surface area contributed by atoms with Gasteiger partial charge in [0.25, 0.3) is 0 Å². The Bertz CT molecular complexity index is 511. The maximum atomic E-state index is 5.69. The lowest BCUT2D eigenvalue weighted by Crippen LogP contribution is -2.23. The summed E-state index contributed by atoms with van der Waals surface area (Å²) in [4.78, 5) is 2.35. The lowest BCUT2D eigenvalue weighted by Gasteiger charge is -2.16. The number of nitrogen functional groups attached to an aromatic ring is 1. The third-order valence-electron chi connectivity index (χ3n) is 3.46. The number of hydrogen-bond acceptors (Lipinski definition) is 3. The summed E-state index contributed by atoms with van der Waals surface area (Å²) in [5, 5.41) is 0. The molecule has 0 saturated heterocycles. The number of nitrogens with zero attached hydrogens (tertiary/aromatic N) is 1. The molecule has 0 aliphatic heterocycles. The first kappa shape index (κ1) is 15.4. The zero-order valence-corrected chi connectivity index (χ0v) is 12.7. The van der Waals surface area contributed by atoms with Gasteiger partial charge in [0.15, 0.2) is 0 Å². The van der Waals surface area contributed by atoms with Crippen LogP contribution in [-0.4, -0.2) is 31.6 Å². The molecule has 0 heterocycles. The number of hydrogen-bond donors (Lipinski definition) is 1. The van der Waals surface area contributed by atoms with Gasteiger partial charge in [0.1, 0.15) is 5.75 Å². The first-order valence-corrected chi connectivity index (χ1v) is 7.45. The molecule has 0 saturated carbocycles. The third-order valence-corrected chi connectivity index (χ3v) is 3.46. The fourth-order valence-electron chi connectivity index (χ4n) is 2.16. The fraction of sp³-hybridized carbons (Fsp3) is 0.333. The van der Waals surface area contributed by atoms with Crippen LogP contribution in [0.1, 0.15) is 12.0 Å². The minimum atomic E-state index is 0.736. The van der Waals surface area contributed by atoms with Crippen LogP contribution in [-0.2, 0) is 6.42 Å². The molecule has 0 spiro atoms. The van der Waals surface area contributed by atoms with Gasteiger partial charge in [0.05, 0.1) is 6.61 Å². The van der Waals surface area contributed by atoms with Crippen LogP contribution in [0.2, 0.25) is 0 Å². The molecule has 0 aliphatic carbocycles. The summed E-state index contributed by atoms with van der Waals surface area (Å²) < 4.78 is 5.69. The van der Waals surface area contributed by atoms with Gasteiger partial charge in [-0.05, 0) is 49.7 Å². The molecule has 21 heavy (non-hydrogen) atoms. The van der Waals surface area contributed by atoms with Gasteiger partial charge in [0, 0.05) is 18.8 Å². The SMILES string of the molecule is CN(CCCOc1ccc(N)cc1)CCc1ccccc1. The van der Waals surface area contributed by atoms with Crippen molar-refractivity contribution in [1.82, 2.24) is 4.90 Å². The van der Waals surface area contributed by atoms with Gasteiger partial charge >= 0.3 is 0 Å². The van der Waals surface area contributed by atoms with Crippen LogP contribution in [0.25, 0.3) is 0 Å². The van der Waals surface area contributed by atoms with E-state index in [-0.39, 0.29) is 0 Å². The maximum absolute atomic E-state index is 5.69. The number of ether oxygens (including phenoxy) is 1. The zero-order chi connectivity index (χ0) is 14.9. The summed E-state index contributed by atoms with van der Waals surface area (Å²) in [7, 11) is 2.16. The van der Waals surface area contributed by atoms with Crippen LogP contribution in [0.4, 0.5) is 5.69 Å². The standard InChI is InChI=1S/C18H24N2O/c1-20(14-12-16-6-3-2-4-7-16)13-5-15-21-18-10-8-17(19)9-11-18/h2-4,6-11H,5,12-15,19H2,1H3. The molecule has 3 nitrogen and oxygen atoms in total. The third kappa shape index (κ3) is 5.88. The minimum absolute atomic E-state index is 0.736. The molecule has 0 fully saturated rings. The average Bonchev–Trinajstić information content (AvgIpc) is 2.52. The van der Waals surface area contributed by atoms with Gasteiger partial charge in [-0.2, -0.15) is 0 Å². The van der Waals surface area contributed by atoms with E-state index in [1.165, 1.54) is 5.56 Å². The lowest BCUT2D eigenvalue weighted by molar-refractivity contribution is 0.264. The van der Waals surface area contributed by atoms with Crippen LogP contribution in [0.3, 0.4) is 0 Å². The zero-order valence-electron chi connectivity index (χ0n) is 12.7. The summed E-state index contributed by atoms with van der Waals surface area (Å²) in [5.74, 6) is 0.885. The Kier molecular flexibility index (Phi) is 6.10. The molecule has 2 aromatic carbocycles. The summed E-state index contributed by atoms with van der Waals surface area (Å²) in [6.45, 7) is 2.85. The topological polar surface area (TPSA) is 38.5 Å². The molecule has 0 radical (unpaired) electrons. The van der Waals surface area contributed by atoms with Crippen molar-refractivity contribution in [3.05, 3.63) is 60.2 Å². The minimum Gasteiger partial charge on any atom is -0.494 e. The second-order valence-corrected chi connectivity index (χ2v) is 5.31. The van der Waals surface area contributed by atoms with E-state index in [1.807, 2.05) is 24.3 Å². The van der Waals surface area contributed by atoms with Crippen molar-refractivity contribution in [2.24, 2.45) is 0 Å². The number of likely N-dealkylation sites (N-methyl/N-ethyl adjacent to an activating group) is 1. The van der Waals surface area contributed by atoms with Crippen LogP contribution in [0.15, 0.2) is 54.6 Å². The van der Waals surface area contributed by atoms with Crippen LogP contribution in [0, 0.1) is 0 Å². The van der Waals surface area contributed by atoms with E-state index in [9.17, 15) is 0 Å². The Labute approximate surface area is 127 Å². The maximum Gasteiger partial charge on any atom is 0.119 e. The van der Waals surface area contributed by atoms with Gasteiger partial charge in [-0.25, -0.2) is 0 Å². The molecule has 2 N–H and O–H groups in total. The first-order chi connectivity index (χ1) is 10.2. The number of benzene rings is 2. The predicted octanol–water partition coefficient (Wildman–Crippen LogP) is 3.21. The van der Waals surface area contributed by atoms with E-state index < -0.39 is 0 Å². The van der Waals surface area contributed by atoms with E-state index in [2.05, 4.69) is 42.3 Å². The molecule has 0 bridgehead atoms. The number of nitrogens with two attached hydrogens (primary N) is 1. The van der Waals surface area contributed by atoms with Crippen LogP contribution < -0.4 is 10.5 Å². The quantitative estimate of drug-likeness (QED) is 0.597. The smallest absolute Gasteiger partial charge is 0.119 e. The molecule has 2 rings (SSSR count). The summed E-state index contributed by atoms with van der Waals surface area (Å²) in [6.07, 6.45) is 2.12. The van der Waals surface area contributed by atoms with Crippen molar-refractivity contribution in [3.63, 3.8) is 0 Å². The van der Waals surface area contributed by atoms with E-state index in [0.29, 0.717) is 0 Å². The monoisotopic (exact) mass is 284 g/mol. The van der Waals surface area contributed by atoms with Gasteiger partial charge in [0.2, 0.25) is 0 Å². The normalized spacial score (nSPS) is 10.8. The average molecular weight is 284 g/mol. The van der Waals surface area contributed by atoms with E-state index in [1.54, 1.807) is 0 Å². The highest BCUT2D eigenvalue weighted by Crippen LogP contribution is 2.13. The molecule has 0 aliphatic rings. The molecule has 0 amide bonds. The van der Waals surface area contributed by atoms with Gasteiger partial charge < -0.3 is 15.4 Å². The van der Waals surface area contributed by atoms with E-state index in [4.69, 9.17) is 10.5 Å². The second-order valence-electron chi connectivity index (χ2n) is 5.31. The van der Waals surface area contributed by atoms with Crippen molar-refractivity contribution in [1.29, 1.82) is 0 Å². The molecule has 0 aromatic heterocycles. The Hall–Kier alpha value is -2.00. The van der Waals surface area contributed by atoms with Crippen molar-refractivity contribution in [2.75, 3.05) is 32.5 Å². The highest BCUT2D eigenvalue weighted by Gasteiger charge is 2.00. The Morgan fingerprint density at radius 3 is 2.38 bits per heavy atom. The van der Waals surface area contributed by atoms with Gasteiger partial charge in [-0.3, -0.25) is 0 Å². The Morgan fingerprint density at radius 2 is 1.67 bits per heavy atom.